The largest absolute Gasteiger partial charge is 0.487 e. The molecule has 2 atom stereocenters. The van der Waals surface area contributed by atoms with Crippen LogP contribution in [0.15, 0.2) is 23.8 Å². The molecular formula is C22H30O3. The van der Waals surface area contributed by atoms with Gasteiger partial charge in [-0.2, -0.15) is 0 Å². The van der Waals surface area contributed by atoms with Gasteiger partial charge in [-0.1, -0.05) is 31.4 Å². The molecular weight excluding hydrogens is 312 g/mol. The zero-order valence-electron chi connectivity index (χ0n) is 15.9. The van der Waals surface area contributed by atoms with Crippen molar-refractivity contribution in [1.29, 1.82) is 0 Å². The van der Waals surface area contributed by atoms with Crippen LogP contribution in [-0.2, 0) is 11.2 Å². The van der Waals surface area contributed by atoms with Crippen LogP contribution >= 0.6 is 0 Å². The van der Waals surface area contributed by atoms with E-state index in [2.05, 4.69) is 39.8 Å². The molecule has 0 fully saturated rings. The third kappa shape index (κ3) is 3.61. The highest BCUT2D eigenvalue weighted by atomic mass is 16.5. The summed E-state index contributed by atoms with van der Waals surface area (Å²) in [5.41, 5.74) is 3.44. The maximum absolute atomic E-state index is 11.1. The molecule has 0 saturated carbocycles. The summed E-state index contributed by atoms with van der Waals surface area (Å²) in [6, 6.07) is 4.21. The van der Waals surface area contributed by atoms with Crippen molar-refractivity contribution < 1.29 is 14.3 Å². The first-order chi connectivity index (χ1) is 12.0. The van der Waals surface area contributed by atoms with Gasteiger partial charge in [-0.3, -0.25) is 4.79 Å². The number of carbonyl (C=O) groups is 1. The van der Waals surface area contributed by atoms with Crippen molar-refractivity contribution in [2.75, 3.05) is 0 Å². The molecule has 0 saturated heterocycles. The average molecular weight is 342 g/mol. The Morgan fingerprint density at radius 3 is 2.84 bits per heavy atom. The third-order valence-corrected chi connectivity index (χ3v) is 5.75. The standard InChI is InChI=1S/C22H30O3/c1-5-6-7-8-16-12-19(24-14-23)21-17-11-15(2)9-10-18(17)22(3,4)25-20(21)13-16/h11-14,17-18H,5-10H2,1-4H3/t17?,18-/m0/s1. The number of allylic oxidation sites excluding steroid dienone is 2. The van der Waals surface area contributed by atoms with Gasteiger partial charge in [0.2, 0.25) is 0 Å². The number of hydrogen-bond donors (Lipinski definition) is 0. The van der Waals surface area contributed by atoms with Gasteiger partial charge in [0.15, 0.2) is 0 Å². The van der Waals surface area contributed by atoms with E-state index in [1.165, 1.54) is 24.0 Å². The molecule has 0 aromatic heterocycles. The van der Waals surface area contributed by atoms with E-state index in [1.54, 1.807) is 0 Å². The van der Waals surface area contributed by atoms with Crippen molar-refractivity contribution in [2.45, 2.75) is 77.7 Å². The number of unbranched alkanes of at least 4 members (excludes halogenated alkanes) is 2. The van der Waals surface area contributed by atoms with Crippen LogP contribution in [0.5, 0.6) is 11.5 Å². The van der Waals surface area contributed by atoms with Crippen LogP contribution in [0.25, 0.3) is 0 Å². The molecule has 1 aromatic carbocycles. The molecule has 0 N–H and O–H groups in total. The lowest BCUT2D eigenvalue weighted by molar-refractivity contribution is -0.120. The molecule has 0 spiro atoms. The second-order valence-electron chi connectivity index (χ2n) is 8.07. The van der Waals surface area contributed by atoms with Crippen molar-refractivity contribution in [3.8, 4) is 11.5 Å². The summed E-state index contributed by atoms with van der Waals surface area (Å²) in [5.74, 6) is 2.23. The lowest BCUT2D eigenvalue weighted by Gasteiger charge is -2.46. The summed E-state index contributed by atoms with van der Waals surface area (Å²) in [6.07, 6.45) is 9.11. The van der Waals surface area contributed by atoms with Crippen LogP contribution in [0.4, 0.5) is 0 Å². The van der Waals surface area contributed by atoms with E-state index in [0.29, 0.717) is 18.1 Å². The molecule has 136 valence electrons. The monoisotopic (exact) mass is 342 g/mol. The van der Waals surface area contributed by atoms with Crippen molar-refractivity contribution in [3.63, 3.8) is 0 Å². The van der Waals surface area contributed by atoms with Crippen molar-refractivity contribution in [1.82, 2.24) is 0 Å². The van der Waals surface area contributed by atoms with Crippen LogP contribution in [0.3, 0.4) is 0 Å². The number of rotatable bonds is 6. The lowest BCUT2D eigenvalue weighted by Crippen LogP contribution is -2.45. The summed E-state index contributed by atoms with van der Waals surface area (Å²) < 4.78 is 11.8. The zero-order chi connectivity index (χ0) is 18.0. The van der Waals surface area contributed by atoms with Crippen molar-refractivity contribution in [2.24, 2.45) is 5.92 Å². The first-order valence-electron chi connectivity index (χ1n) is 9.59. The van der Waals surface area contributed by atoms with Gasteiger partial charge in [-0.25, -0.2) is 0 Å². The van der Waals surface area contributed by atoms with Gasteiger partial charge in [0, 0.05) is 17.4 Å². The van der Waals surface area contributed by atoms with Gasteiger partial charge in [0.25, 0.3) is 6.47 Å². The number of benzene rings is 1. The summed E-state index contributed by atoms with van der Waals surface area (Å²) in [4.78, 5) is 11.1. The highest BCUT2D eigenvalue weighted by Crippen LogP contribution is 2.53. The Hall–Kier alpha value is -1.77. The molecule has 1 aromatic rings. The Balaban J connectivity index is 2.06. The van der Waals surface area contributed by atoms with E-state index in [9.17, 15) is 4.79 Å². The molecule has 25 heavy (non-hydrogen) atoms. The molecule has 3 nitrogen and oxygen atoms in total. The Bertz CT molecular complexity index is 672. The minimum atomic E-state index is -0.213. The van der Waals surface area contributed by atoms with Crippen LogP contribution in [0.1, 0.15) is 76.8 Å². The van der Waals surface area contributed by atoms with E-state index in [-0.39, 0.29) is 11.5 Å². The maximum Gasteiger partial charge on any atom is 0.298 e. The normalized spacial score (nSPS) is 23.8. The fourth-order valence-electron chi connectivity index (χ4n) is 4.43. The molecule has 1 aliphatic carbocycles. The third-order valence-electron chi connectivity index (χ3n) is 5.75. The summed E-state index contributed by atoms with van der Waals surface area (Å²) >= 11 is 0. The average Bonchev–Trinajstić information content (AvgIpc) is 2.54. The first kappa shape index (κ1) is 18.0. The second kappa shape index (κ2) is 7.23. The predicted octanol–water partition coefficient (Wildman–Crippen LogP) is 5.57. The highest BCUT2D eigenvalue weighted by molar-refractivity contribution is 5.58. The van der Waals surface area contributed by atoms with E-state index < -0.39 is 0 Å². The lowest BCUT2D eigenvalue weighted by atomic mass is 9.68. The molecule has 2 aliphatic rings. The molecule has 3 heteroatoms. The number of aryl methyl sites for hydroxylation is 1. The van der Waals surface area contributed by atoms with Crippen LogP contribution < -0.4 is 9.47 Å². The van der Waals surface area contributed by atoms with E-state index in [1.807, 2.05) is 6.07 Å². The van der Waals surface area contributed by atoms with Gasteiger partial charge in [0.05, 0.1) is 0 Å². The SMILES string of the molecule is CCCCCc1cc(OC=O)c2c(c1)OC(C)(C)[C@H]1CCC(C)=CC21. The number of fused-ring (bicyclic) bond motifs is 3. The summed E-state index contributed by atoms with van der Waals surface area (Å²) in [5, 5.41) is 0. The topological polar surface area (TPSA) is 35.5 Å². The van der Waals surface area contributed by atoms with Crippen LogP contribution in [0, 0.1) is 5.92 Å². The molecule has 0 amide bonds. The molecule has 1 heterocycles. The molecule has 1 aliphatic heterocycles. The molecule has 0 radical (unpaired) electrons. The smallest absolute Gasteiger partial charge is 0.298 e. The molecule has 3 rings (SSSR count). The van der Waals surface area contributed by atoms with Gasteiger partial charge >= 0.3 is 0 Å². The Kier molecular flexibility index (Phi) is 5.21. The summed E-state index contributed by atoms with van der Waals surface area (Å²) in [7, 11) is 0. The minimum absolute atomic E-state index is 0.213. The number of carbonyl (C=O) groups excluding carboxylic acids is 1. The minimum Gasteiger partial charge on any atom is -0.487 e. The fraction of sp³-hybridized carbons (Fsp3) is 0.591. The fourth-order valence-corrected chi connectivity index (χ4v) is 4.43. The Morgan fingerprint density at radius 1 is 1.32 bits per heavy atom. The Labute approximate surface area is 151 Å². The number of ether oxygens (including phenoxy) is 2. The first-order valence-corrected chi connectivity index (χ1v) is 9.59. The van der Waals surface area contributed by atoms with E-state index in [0.717, 1.165) is 37.0 Å². The van der Waals surface area contributed by atoms with Gasteiger partial charge in [-0.15, -0.1) is 0 Å². The quantitative estimate of drug-likeness (QED) is 0.385. The molecule has 0 bridgehead atoms. The number of hydrogen-bond acceptors (Lipinski definition) is 3. The maximum atomic E-state index is 11.1. The van der Waals surface area contributed by atoms with E-state index >= 15 is 0 Å². The van der Waals surface area contributed by atoms with Crippen LogP contribution in [0.2, 0.25) is 0 Å². The van der Waals surface area contributed by atoms with Gasteiger partial charge in [-0.05, 0) is 64.2 Å². The second-order valence-corrected chi connectivity index (χ2v) is 8.07. The highest BCUT2D eigenvalue weighted by Gasteiger charge is 2.45. The predicted molar refractivity (Wildman–Crippen MR) is 100 cm³/mol. The van der Waals surface area contributed by atoms with Crippen molar-refractivity contribution >= 4 is 6.47 Å². The Morgan fingerprint density at radius 2 is 2.12 bits per heavy atom. The van der Waals surface area contributed by atoms with E-state index in [4.69, 9.17) is 9.47 Å². The van der Waals surface area contributed by atoms with Crippen LogP contribution in [-0.4, -0.2) is 12.1 Å². The van der Waals surface area contributed by atoms with Gasteiger partial charge in [0.1, 0.15) is 17.1 Å². The van der Waals surface area contributed by atoms with Gasteiger partial charge < -0.3 is 9.47 Å². The zero-order valence-corrected chi connectivity index (χ0v) is 15.9. The van der Waals surface area contributed by atoms with Crippen molar-refractivity contribution in [3.05, 3.63) is 34.9 Å². The summed E-state index contributed by atoms with van der Waals surface area (Å²) in [6.45, 7) is 9.31. The molecule has 1 unspecified atom stereocenters.